The lowest BCUT2D eigenvalue weighted by Gasteiger charge is -2.60. The highest BCUT2D eigenvalue weighted by Gasteiger charge is 2.59. The van der Waals surface area contributed by atoms with E-state index in [2.05, 4.69) is 20.4 Å². The third-order valence-corrected chi connectivity index (χ3v) is 5.30. The Labute approximate surface area is 149 Å². The Balaban J connectivity index is 1.46. The van der Waals surface area contributed by atoms with Gasteiger partial charge in [-0.3, -0.25) is 0 Å². The molecule has 1 aromatic heterocycles. The fraction of sp³-hybridized carbons (Fsp3) is 0.647. The van der Waals surface area contributed by atoms with Gasteiger partial charge in [0.2, 0.25) is 5.88 Å². The summed E-state index contributed by atoms with van der Waals surface area (Å²) in [6, 6.07) is 2.79. The molecule has 6 nitrogen and oxygen atoms in total. The molecule has 0 aliphatic heterocycles. The first-order valence-electron chi connectivity index (χ1n) is 8.54. The molecule has 2 fully saturated rings. The van der Waals surface area contributed by atoms with Crippen molar-refractivity contribution in [2.24, 2.45) is 5.41 Å². The van der Waals surface area contributed by atoms with E-state index in [0.717, 1.165) is 25.7 Å². The van der Waals surface area contributed by atoms with Crippen LogP contribution in [-0.4, -0.2) is 43.1 Å². The molecule has 1 heterocycles. The minimum Gasteiger partial charge on any atom is -0.468 e. The molecule has 0 bridgehead atoms. The van der Waals surface area contributed by atoms with Crippen LogP contribution in [-0.2, 0) is 11.3 Å². The second-order valence-corrected chi connectivity index (χ2v) is 6.83. The Kier molecular flexibility index (Phi) is 5.27. The summed E-state index contributed by atoms with van der Waals surface area (Å²) in [7, 11) is 1.70. The van der Waals surface area contributed by atoms with Crippen molar-refractivity contribution in [1.82, 2.24) is 15.6 Å². The van der Waals surface area contributed by atoms with Gasteiger partial charge in [0.15, 0.2) is 6.61 Å². The third kappa shape index (κ3) is 4.03. The summed E-state index contributed by atoms with van der Waals surface area (Å²) < 4.78 is 46.6. The molecule has 9 heteroatoms. The van der Waals surface area contributed by atoms with Gasteiger partial charge in [-0.15, -0.1) is 0 Å². The zero-order valence-corrected chi connectivity index (χ0v) is 14.4. The molecule has 1 spiro atoms. The number of nitrogens with one attached hydrogen (secondary N) is 2. The normalized spacial score (nSPS) is 23.7. The smallest absolute Gasteiger partial charge is 0.422 e. The van der Waals surface area contributed by atoms with Crippen molar-refractivity contribution < 1.29 is 27.4 Å². The van der Waals surface area contributed by atoms with Crippen LogP contribution in [0.3, 0.4) is 0 Å². The standard InChI is InChI=1S/C17H22F3N3O3/c1-25-13-8-12(16(13)4-2-5-16)23-15(24)22-9-11-3-6-21-14(7-11)26-10-17(18,19)20/h3,6-7,12-13H,2,4-5,8-10H2,1H3,(H2,22,23,24). The summed E-state index contributed by atoms with van der Waals surface area (Å²) in [5.41, 5.74) is 0.676. The van der Waals surface area contributed by atoms with Crippen LogP contribution in [0.15, 0.2) is 18.3 Å². The van der Waals surface area contributed by atoms with Crippen LogP contribution in [0.4, 0.5) is 18.0 Å². The fourth-order valence-corrected chi connectivity index (χ4v) is 3.72. The summed E-state index contributed by atoms with van der Waals surface area (Å²) in [6.45, 7) is -1.23. The molecule has 0 saturated heterocycles. The van der Waals surface area contributed by atoms with Crippen molar-refractivity contribution in [2.75, 3.05) is 13.7 Å². The second-order valence-electron chi connectivity index (χ2n) is 6.83. The first-order chi connectivity index (χ1) is 12.3. The van der Waals surface area contributed by atoms with E-state index in [1.807, 2.05) is 0 Å². The number of pyridine rings is 1. The molecule has 2 unspecified atom stereocenters. The number of alkyl halides is 3. The Morgan fingerprint density at radius 2 is 2.19 bits per heavy atom. The maximum Gasteiger partial charge on any atom is 0.422 e. The highest BCUT2D eigenvalue weighted by Crippen LogP contribution is 2.57. The molecule has 2 aliphatic rings. The molecule has 2 N–H and O–H groups in total. The summed E-state index contributed by atoms with van der Waals surface area (Å²) in [5.74, 6) is -0.127. The monoisotopic (exact) mass is 373 g/mol. The number of hydrogen-bond donors (Lipinski definition) is 2. The van der Waals surface area contributed by atoms with E-state index in [4.69, 9.17) is 4.74 Å². The van der Waals surface area contributed by atoms with Crippen molar-refractivity contribution in [3.8, 4) is 5.88 Å². The molecule has 0 radical (unpaired) electrons. The number of carbonyl (C=O) groups is 1. The van der Waals surface area contributed by atoms with E-state index in [9.17, 15) is 18.0 Å². The van der Waals surface area contributed by atoms with Crippen LogP contribution < -0.4 is 15.4 Å². The molecule has 2 amide bonds. The van der Waals surface area contributed by atoms with Crippen molar-refractivity contribution >= 4 is 6.03 Å². The maximum atomic E-state index is 12.2. The van der Waals surface area contributed by atoms with Crippen LogP contribution in [0.5, 0.6) is 5.88 Å². The SMILES string of the molecule is COC1CC(NC(=O)NCc2ccnc(OCC(F)(F)F)c2)C12CCC2. The fourth-order valence-electron chi connectivity index (χ4n) is 3.72. The second kappa shape index (κ2) is 7.30. The highest BCUT2D eigenvalue weighted by molar-refractivity contribution is 5.74. The molecule has 26 heavy (non-hydrogen) atoms. The van der Waals surface area contributed by atoms with Gasteiger partial charge in [-0.1, -0.05) is 6.42 Å². The Hall–Kier alpha value is -2.03. The van der Waals surface area contributed by atoms with E-state index < -0.39 is 12.8 Å². The predicted molar refractivity (Wildman–Crippen MR) is 86.6 cm³/mol. The van der Waals surface area contributed by atoms with Crippen molar-refractivity contribution in [1.29, 1.82) is 0 Å². The van der Waals surface area contributed by atoms with Crippen LogP contribution in [0, 0.1) is 5.41 Å². The van der Waals surface area contributed by atoms with E-state index in [1.165, 1.54) is 12.3 Å². The Morgan fingerprint density at radius 1 is 1.42 bits per heavy atom. The lowest BCUT2D eigenvalue weighted by Crippen LogP contribution is -2.68. The average Bonchev–Trinajstić information content (AvgIpc) is 2.53. The van der Waals surface area contributed by atoms with Crippen molar-refractivity contribution in [3.05, 3.63) is 23.9 Å². The summed E-state index contributed by atoms with van der Waals surface area (Å²) in [5, 5.41) is 5.70. The maximum absolute atomic E-state index is 12.2. The molecule has 1 aromatic rings. The van der Waals surface area contributed by atoms with E-state index in [0.29, 0.717) is 5.56 Å². The van der Waals surface area contributed by atoms with Gasteiger partial charge in [0.25, 0.3) is 0 Å². The molecular weight excluding hydrogens is 351 g/mol. The van der Waals surface area contributed by atoms with Gasteiger partial charge in [0, 0.05) is 37.4 Å². The Bertz CT molecular complexity index is 650. The van der Waals surface area contributed by atoms with E-state index >= 15 is 0 Å². The number of halogens is 3. The Morgan fingerprint density at radius 3 is 2.81 bits per heavy atom. The molecule has 144 valence electrons. The number of carbonyl (C=O) groups excluding carboxylic acids is 1. The van der Waals surface area contributed by atoms with Crippen LogP contribution >= 0.6 is 0 Å². The van der Waals surface area contributed by atoms with Gasteiger partial charge in [-0.2, -0.15) is 13.2 Å². The number of amides is 2. The zero-order chi connectivity index (χ0) is 18.8. The lowest BCUT2D eigenvalue weighted by atomic mass is 9.51. The highest BCUT2D eigenvalue weighted by atomic mass is 19.4. The number of hydrogen-bond acceptors (Lipinski definition) is 4. The zero-order valence-electron chi connectivity index (χ0n) is 14.4. The first-order valence-corrected chi connectivity index (χ1v) is 8.54. The summed E-state index contributed by atoms with van der Waals surface area (Å²) in [6.07, 6.45) is 1.19. The van der Waals surface area contributed by atoms with Crippen LogP contribution in [0.2, 0.25) is 0 Å². The quantitative estimate of drug-likeness (QED) is 0.804. The summed E-state index contributed by atoms with van der Waals surface area (Å²) >= 11 is 0. The minimum absolute atomic E-state index is 0.0708. The van der Waals surface area contributed by atoms with Crippen LogP contribution in [0.1, 0.15) is 31.2 Å². The van der Waals surface area contributed by atoms with Gasteiger partial charge >= 0.3 is 12.2 Å². The van der Waals surface area contributed by atoms with Gasteiger partial charge in [0.05, 0.1) is 6.10 Å². The largest absolute Gasteiger partial charge is 0.468 e. The topological polar surface area (TPSA) is 72.5 Å². The number of aromatic nitrogens is 1. The van der Waals surface area contributed by atoms with Crippen molar-refractivity contribution in [2.45, 2.75) is 50.6 Å². The minimum atomic E-state index is -4.42. The van der Waals surface area contributed by atoms with Gasteiger partial charge < -0.3 is 20.1 Å². The van der Waals surface area contributed by atoms with Gasteiger partial charge in [0.1, 0.15) is 0 Å². The molecule has 2 atom stereocenters. The van der Waals surface area contributed by atoms with Gasteiger partial charge in [-0.25, -0.2) is 9.78 Å². The molecular formula is C17H22F3N3O3. The molecule has 0 aromatic carbocycles. The average molecular weight is 373 g/mol. The number of nitrogens with zero attached hydrogens (tertiary/aromatic N) is 1. The number of urea groups is 1. The lowest BCUT2D eigenvalue weighted by molar-refractivity contribution is -0.158. The van der Waals surface area contributed by atoms with Crippen LogP contribution in [0.25, 0.3) is 0 Å². The molecule has 3 rings (SSSR count). The van der Waals surface area contributed by atoms with Crippen molar-refractivity contribution in [3.63, 3.8) is 0 Å². The third-order valence-electron chi connectivity index (χ3n) is 5.30. The predicted octanol–water partition coefficient (Wildman–Crippen LogP) is 2.78. The van der Waals surface area contributed by atoms with E-state index in [-0.39, 0.29) is 36.0 Å². The first kappa shape index (κ1) is 18.8. The summed E-state index contributed by atoms with van der Waals surface area (Å²) in [4.78, 5) is 15.9. The van der Waals surface area contributed by atoms with Gasteiger partial charge in [-0.05, 0) is 30.9 Å². The molecule has 2 aliphatic carbocycles. The number of methoxy groups -OCH3 is 1. The molecule has 2 saturated carbocycles. The number of ether oxygens (including phenoxy) is 2. The van der Waals surface area contributed by atoms with E-state index in [1.54, 1.807) is 13.2 Å². The number of rotatable bonds is 6.